The molecule has 2 amide bonds. The van der Waals surface area contributed by atoms with Gasteiger partial charge in [0.1, 0.15) is 0 Å². The van der Waals surface area contributed by atoms with Crippen LogP contribution in [0.25, 0.3) is 0 Å². The predicted molar refractivity (Wildman–Crippen MR) is 75.4 cm³/mol. The molecule has 1 N–H and O–H groups in total. The van der Waals surface area contributed by atoms with Crippen molar-refractivity contribution in [2.24, 2.45) is 0 Å². The molecule has 2 aliphatic heterocycles. The molecular weight excluding hydrogens is 260 g/mol. The third kappa shape index (κ3) is 2.92. The number of nitrogens with one attached hydrogen (secondary N) is 1. The van der Waals surface area contributed by atoms with Gasteiger partial charge in [-0.05, 0) is 37.1 Å². The summed E-state index contributed by atoms with van der Waals surface area (Å²) in [4.78, 5) is 15.5. The van der Waals surface area contributed by atoms with E-state index in [1.807, 2.05) is 4.90 Å². The molecule has 104 valence electrons. The van der Waals surface area contributed by atoms with Gasteiger partial charge in [0.2, 0.25) is 0 Å². The highest BCUT2D eigenvalue weighted by molar-refractivity contribution is 7.10. The molecule has 4 nitrogen and oxygen atoms in total. The average molecular weight is 280 g/mol. The number of hydrogen-bond acceptors (Lipinski definition) is 3. The number of likely N-dealkylation sites (tertiary alicyclic amines) is 1. The topological polar surface area (TPSA) is 41.6 Å². The molecular formula is C14H20N2O2S. The van der Waals surface area contributed by atoms with E-state index in [4.69, 9.17) is 4.74 Å². The summed E-state index contributed by atoms with van der Waals surface area (Å²) in [6.45, 7) is 2.34. The number of thiophene rings is 1. The summed E-state index contributed by atoms with van der Waals surface area (Å²) in [5.41, 5.74) is 0. The fraction of sp³-hybridized carbons (Fsp3) is 0.643. The van der Waals surface area contributed by atoms with E-state index in [9.17, 15) is 4.79 Å². The Bertz CT molecular complexity index is 415. The second-order valence-electron chi connectivity index (χ2n) is 5.19. The molecule has 2 fully saturated rings. The summed E-state index contributed by atoms with van der Waals surface area (Å²) in [6.07, 6.45) is 4.56. The molecule has 2 atom stereocenters. The fourth-order valence-electron chi connectivity index (χ4n) is 2.89. The van der Waals surface area contributed by atoms with Crippen LogP contribution in [0.3, 0.4) is 0 Å². The van der Waals surface area contributed by atoms with Crippen molar-refractivity contribution in [2.75, 3.05) is 19.7 Å². The van der Waals surface area contributed by atoms with Gasteiger partial charge < -0.3 is 15.0 Å². The largest absolute Gasteiger partial charge is 0.376 e. The van der Waals surface area contributed by atoms with Crippen molar-refractivity contribution in [3.63, 3.8) is 0 Å². The quantitative estimate of drug-likeness (QED) is 0.925. The van der Waals surface area contributed by atoms with Gasteiger partial charge in [0.15, 0.2) is 0 Å². The Hall–Kier alpha value is -1.07. The Labute approximate surface area is 117 Å². The van der Waals surface area contributed by atoms with Crippen LogP contribution in [-0.2, 0) is 4.74 Å². The van der Waals surface area contributed by atoms with Gasteiger partial charge in [-0.2, -0.15) is 0 Å². The van der Waals surface area contributed by atoms with Crippen LogP contribution in [0, 0.1) is 0 Å². The SMILES string of the molecule is O=C(NC[C@H]1CCCO1)N1CCC[C@H]1c1cccs1. The van der Waals surface area contributed by atoms with Gasteiger partial charge in [-0.1, -0.05) is 6.07 Å². The van der Waals surface area contributed by atoms with E-state index in [0.29, 0.717) is 6.54 Å². The first-order valence-corrected chi connectivity index (χ1v) is 7.92. The molecule has 0 aromatic carbocycles. The van der Waals surface area contributed by atoms with E-state index in [1.165, 1.54) is 4.88 Å². The monoisotopic (exact) mass is 280 g/mol. The zero-order valence-electron chi connectivity index (χ0n) is 11.0. The summed E-state index contributed by atoms with van der Waals surface area (Å²) < 4.78 is 5.53. The highest BCUT2D eigenvalue weighted by atomic mass is 32.1. The maximum Gasteiger partial charge on any atom is 0.318 e. The minimum atomic E-state index is 0.0615. The van der Waals surface area contributed by atoms with E-state index < -0.39 is 0 Å². The van der Waals surface area contributed by atoms with Crippen molar-refractivity contribution >= 4 is 17.4 Å². The van der Waals surface area contributed by atoms with E-state index in [1.54, 1.807) is 11.3 Å². The number of amides is 2. The molecule has 0 spiro atoms. The molecule has 3 heterocycles. The van der Waals surface area contributed by atoms with Gasteiger partial charge in [-0.25, -0.2) is 4.79 Å². The van der Waals surface area contributed by atoms with Gasteiger partial charge in [0.25, 0.3) is 0 Å². The lowest BCUT2D eigenvalue weighted by Crippen LogP contribution is -2.42. The lowest BCUT2D eigenvalue weighted by molar-refractivity contribution is 0.108. The molecule has 0 radical (unpaired) electrons. The van der Waals surface area contributed by atoms with Gasteiger partial charge >= 0.3 is 6.03 Å². The Morgan fingerprint density at radius 2 is 2.42 bits per heavy atom. The standard InChI is InChI=1S/C14H20N2O2S/c17-14(15-10-11-4-2-8-18-11)16-7-1-5-12(16)13-6-3-9-19-13/h3,6,9,11-12H,1-2,4-5,7-8,10H2,(H,15,17)/t11-,12+/m1/s1. The molecule has 2 aliphatic rings. The summed E-state index contributed by atoms with van der Waals surface area (Å²) >= 11 is 1.74. The number of carbonyl (C=O) groups is 1. The van der Waals surface area contributed by atoms with Crippen LogP contribution in [0.2, 0.25) is 0 Å². The Kier molecular flexibility index (Phi) is 4.03. The minimum Gasteiger partial charge on any atom is -0.376 e. The zero-order chi connectivity index (χ0) is 13.1. The fourth-order valence-corrected chi connectivity index (χ4v) is 3.77. The van der Waals surface area contributed by atoms with Crippen molar-refractivity contribution in [1.82, 2.24) is 10.2 Å². The Balaban J connectivity index is 1.56. The van der Waals surface area contributed by atoms with Crippen LogP contribution in [0.4, 0.5) is 4.79 Å². The summed E-state index contributed by atoms with van der Waals surface area (Å²) in [6, 6.07) is 4.51. The Morgan fingerprint density at radius 1 is 1.47 bits per heavy atom. The van der Waals surface area contributed by atoms with E-state index in [2.05, 4.69) is 22.8 Å². The number of nitrogens with zero attached hydrogens (tertiary/aromatic N) is 1. The average Bonchev–Trinajstić information content (AvgIpc) is 3.14. The first-order chi connectivity index (χ1) is 9.34. The van der Waals surface area contributed by atoms with Crippen LogP contribution < -0.4 is 5.32 Å². The second-order valence-corrected chi connectivity index (χ2v) is 6.17. The lowest BCUT2D eigenvalue weighted by atomic mass is 10.2. The predicted octanol–water partition coefficient (Wildman–Crippen LogP) is 2.77. The van der Waals surface area contributed by atoms with E-state index in [-0.39, 0.29) is 18.2 Å². The van der Waals surface area contributed by atoms with E-state index >= 15 is 0 Å². The van der Waals surface area contributed by atoms with Gasteiger partial charge in [0.05, 0.1) is 12.1 Å². The third-order valence-electron chi connectivity index (χ3n) is 3.89. The number of carbonyl (C=O) groups excluding carboxylic acids is 1. The highest BCUT2D eigenvalue weighted by Gasteiger charge is 2.30. The molecule has 19 heavy (non-hydrogen) atoms. The van der Waals surface area contributed by atoms with Crippen molar-refractivity contribution in [2.45, 2.75) is 37.8 Å². The molecule has 0 saturated carbocycles. The molecule has 0 aliphatic carbocycles. The zero-order valence-corrected chi connectivity index (χ0v) is 11.8. The number of urea groups is 1. The van der Waals surface area contributed by atoms with Crippen LogP contribution in [0.15, 0.2) is 17.5 Å². The normalized spacial score (nSPS) is 26.8. The van der Waals surface area contributed by atoms with Crippen LogP contribution >= 0.6 is 11.3 Å². The van der Waals surface area contributed by atoms with Crippen LogP contribution in [0.1, 0.15) is 36.6 Å². The lowest BCUT2D eigenvalue weighted by Gasteiger charge is -2.25. The smallest absolute Gasteiger partial charge is 0.318 e. The number of rotatable bonds is 3. The number of hydrogen-bond donors (Lipinski definition) is 1. The summed E-state index contributed by atoms with van der Waals surface area (Å²) in [7, 11) is 0. The number of ether oxygens (including phenoxy) is 1. The van der Waals surface area contributed by atoms with Gasteiger partial charge in [0, 0.05) is 24.6 Å². The molecule has 2 saturated heterocycles. The molecule has 0 unspecified atom stereocenters. The van der Waals surface area contributed by atoms with Crippen LogP contribution in [-0.4, -0.2) is 36.7 Å². The van der Waals surface area contributed by atoms with Crippen molar-refractivity contribution < 1.29 is 9.53 Å². The van der Waals surface area contributed by atoms with Crippen molar-refractivity contribution in [3.05, 3.63) is 22.4 Å². The third-order valence-corrected chi connectivity index (χ3v) is 4.86. The summed E-state index contributed by atoms with van der Waals surface area (Å²) in [5.74, 6) is 0. The molecule has 5 heteroatoms. The van der Waals surface area contributed by atoms with Crippen molar-refractivity contribution in [3.8, 4) is 0 Å². The van der Waals surface area contributed by atoms with Gasteiger partial charge in [-0.3, -0.25) is 0 Å². The maximum atomic E-state index is 12.3. The Morgan fingerprint density at radius 3 is 3.16 bits per heavy atom. The summed E-state index contributed by atoms with van der Waals surface area (Å²) in [5, 5.41) is 5.10. The first-order valence-electron chi connectivity index (χ1n) is 7.04. The molecule has 1 aromatic rings. The molecule has 1 aromatic heterocycles. The van der Waals surface area contributed by atoms with Gasteiger partial charge in [-0.15, -0.1) is 11.3 Å². The first kappa shape index (κ1) is 12.9. The maximum absolute atomic E-state index is 12.3. The molecule has 0 bridgehead atoms. The van der Waals surface area contributed by atoms with Crippen molar-refractivity contribution in [1.29, 1.82) is 0 Å². The molecule has 3 rings (SSSR count). The minimum absolute atomic E-state index is 0.0615. The highest BCUT2D eigenvalue weighted by Crippen LogP contribution is 2.34. The van der Waals surface area contributed by atoms with Crippen LogP contribution in [0.5, 0.6) is 0 Å². The second kappa shape index (κ2) is 5.92. The van der Waals surface area contributed by atoms with E-state index in [0.717, 1.165) is 38.8 Å².